The summed E-state index contributed by atoms with van der Waals surface area (Å²) in [5.74, 6) is 1.38. The minimum absolute atomic E-state index is 0.200. The maximum Gasteiger partial charge on any atom is 0.434 e. The average molecular weight is 388 g/mol. The number of thioether (sulfide) groups is 1. The summed E-state index contributed by atoms with van der Waals surface area (Å²) >= 11 is 2.70. The number of hydrogen-bond donors (Lipinski definition) is 2. The van der Waals surface area contributed by atoms with Crippen LogP contribution >= 0.6 is 23.1 Å². The third-order valence-electron chi connectivity index (χ3n) is 3.16. The van der Waals surface area contributed by atoms with Crippen molar-refractivity contribution in [2.24, 2.45) is 4.99 Å². The van der Waals surface area contributed by atoms with E-state index in [1.165, 1.54) is 10.5 Å². The van der Waals surface area contributed by atoms with Gasteiger partial charge in [0.1, 0.15) is 5.01 Å². The number of nitrogens with zero attached hydrogens (tertiary/aromatic N) is 2. The molecule has 0 spiro atoms. The predicted octanol–water partition coefficient (Wildman–Crippen LogP) is 3.93. The standard InChI is InChI=1S/C16H19F3N4S2/c1-11-3-5-12(6-4-11)24-8-7-21-15(20-2)22-9-14-23-13(10-25-14)16(17,18)19/h3-6,10H,7-9H2,1-2H3,(H2,20,21,22). The Morgan fingerprint density at radius 3 is 2.56 bits per heavy atom. The molecule has 0 amide bonds. The van der Waals surface area contributed by atoms with E-state index in [4.69, 9.17) is 0 Å². The second-order valence-corrected chi connectivity index (χ2v) is 7.25. The Balaban J connectivity index is 1.72. The molecule has 0 bridgehead atoms. The lowest BCUT2D eigenvalue weighted by Crippen LogP contribution is -2.37. The first-order valence-electron chi connectivity index (χ1n) is 7.54. The van der Waals surface area contributed by atoms with Crippen molar-refractivity contribution in [1.29, 1.82) is 0 Å². The molecule has 136 valence electrons. The van der Waals surface area contributed by atoms with Crippen LogP contribution in [0.25, 0.3) is 0 Å². The molecular weight excluding hydrogens is 369 g/mol. The largest absolute Gasteiger partial charge is 0.434 e. The second kappa shape index (κ2) is 9.10. The average Bonchev–Trinajstić information content (AvgIpc) is 3.05. The van der Waals surface area contributed by atoms with Gasteiger partial charge in [-0.2, -0.15) is 13.2 Å². The first-order chi connectivity index (χ1) is 11.9. The van der Waals surface area contributed by atoms with Crippen molar-refractivity contribution in [2.45, 2.75) is 24.5 Å². The molecule has 25 heavy (non-hydrogen) atoms. The molecule has 0 radical (unpaired) electrons. The van der Waals surface area contributed by atoms with Gasteiger partial charge in [-0.15, -0.1) is 23.1 Å². The molecule has 0 aliphatic heterocycles. The lowest BCUT2D eigenvalue weighted by molar-refractivity contribution is -0.140. The number of rotatable bonds is 6. The SMILES string of the molecule is CN=C(NCCSc1ccc(C)cc1)NCc1nc(C(F)(F)F)cs1. The molecule has 0 unspecified atom stereocenters. The van der Waals surface area contributed by atoms with Crippen molar-refractivity contribution < 1.29 is 13.2 Å². The van der Waals surface area contributed by atoms with E-state index < -0.39 is 11.9 Å². The fraction of sp³-hybridized carbons (Fsp3) is 0.375. The molecule has 0 saturated carbocycles. The van der Waals surface area contributed by atoms with E-state index in [1.54, 1.807) is 18.8 Å². The lowest BCUT2D eigenvalue weighted by atomic mass is 10.2. The summed E-state index contributed by atoms with van der Waals surface area (Å²) < 4.78 is 37.6. The quantitative estimate of drug-likeness (QED) is 0.341. The van der Waals surface area contributed by atoms with Gasteiger partial charge in [-0.05, 0) is 19.1 Å². The van der Waals surface area contributed by atoms with E-state index in [9.17, 15) is 13.2 Å². The molecule has 1 aromatic heterocycles. The van der Waals surface area contributed by atoms with Gasteiger partial charge in [-0.1, -0.05) is 17.7 Å². The molecule has 2 aromatic rings. The summed E-state index contributed by atoms with van der Waals surface area (Å²) in [5, 5.41) is 7.48. The predicted molar refractivity (Wildman–Crippen MR) is 97.2 cm³/mol. The molecule has 1 heterocycles. The van der Waals surface area contributed by atoms with Crippen molar-refractivity contribution in [3.05, 3.63) is 45.9 Å². The summed E-state index contributed by atoms with van der Waals surface area (Å²) in [7, 11) is 1.62. The summed E-state index contributed by atoms with van der Waals surface area (Å²) in [5.41, 5.74) is 0.370. The maximum atomic E-state index is 12.5. The van der Waals surface area contributed by atoms with Gasteiger partial charge in [0.2, 0.25) is 0 Å². The number of alkyl halides is 3. The van der Waals surface area contributed by atoms with Crippen molar-refractivity contribution >= 4 is 29.1 Å². The molecular formula is C16H19F3N4S2. The fourth-order valence-electron chi connectivity index (χ4n) is 1.88. The minimum Gasteiger partial charge on any atom is -0.356 e. The van der Waals surface area contributed by atoms with Crippen LogP contribution in [-0.2, 0) is 12.7 Å². The number of aliphatic imine (C=N–C) groups is 1. The van der Waals surface area contributed by atoms with Crippen molar-refractivity contribution in [3.63, 3.8) is 0 Å². The minimum atomic E-state index is -4.40. The zero-order chi connectivity index (χ0) is 18.3. The zero-order valence-electron chi connectivity index (χ0n) is 13.9. The molecule has 0 aliphatic carbocycles. The molecule has 9 heteroatoms. The van der Waals surface area contributed by atoms with Gasteiger partial charge < -0.3 is 10.6 Å². The van der Waals surface area contributed by atoms with Crippen LogP contribution in [0.4, 0.5) is 13.2 Å². The zero-order valence-corrected chi connectivity index (χ0v) is 15.5. The summed E-state index contributed by atoms with van der Waals surface area (Å²) in [4.78, 5) is 8.82. The molecule has 0 saturated heterocycles. The third-order valence-corrected chi connectivity index (χ3v) is 5.02. The Morgan fingerprint density at radius 1 is 1.24 bits per heavy atom. The first-order valence-corrected chi connectivity index (χ1v) is 9.40. The van der Waals surface area contributed by atoms with Gasteiger partial charge in [0.05, 0.1) is 6.54 Å². The number of halogens is 3. The summed E-state index contributed by atoms with van der Waals surface area (Å²) in [6.07, 6.45) is -4.40. The van der Waals surface area contributed by atoms with Crippen LogP contribution in [0.1, 0.15) is 16.3 Å². The van der Waals surface area contributed by atoms with Crippen LogP contribution in [0.2, 0.25) is 0 Å². The van der Waals surface area contributed by atoms with Gasteiger partial charge in [-0.3, -0.25) is 4.99 Å². The third kappa shape index (κ3) is 6.58. The first kappa shape index (κ1) is 19.6. The molecule has 0 atom stereocenters. The Labute approximate surface area is 153 Å². The van der Waals surface area contributed by atoms with Crippen LogP contribution in [0.15, 0.2) is 39.5 Å². The van der Waals surface area contributed by atoms with Crippen molar-refractivity contribution in [2.75, 3.05) is 19.3 Å². The molecule has 2 N–H and O–H groups in total. The second-order valence-electron chi connectivity index (χ2n) is 5.14. The van der Waals surface area contributed by atoms with Gasteiger partial charge in [-0.25, -0.2) is 4.98 Å². The van der Waals surface area contributed by atoms with Crippen LogP contribution in [0.5, 0.6) is 0 Å². The van der Waals surface area contributed by atoms with Gasteiger partial charge in [0, 0.05) is 29.6 Å². The van der Waals surface area contributed by atoms with Gasteiger partial charge >= 0.3 is 6.18 Å². The number of guanidine groups is 1. The number of nitrogens with one attached hydrogen (secondary N) is 2. The highest BCUT2D eigenvalue weighted by Crippen LogP contribution is 2.29. The Kier molecular flexibility index (Phi) is 7.12. The molecule has 4 nitrogen and oxygen atoms in total. The van der Waals surface area contributed by atoms with Crippen molar-refractivity contribution in [3.8, 4) is 0 Å². The van der Waals surface area contributed by atoms with E-state index in [0.717, 1.165) is 22.5 Å². The highest BCUT2D eigenvalue weighted by molar-refractivity contribution is 7.99. The highest BCUT2D eigenvalue weighted by atomic mass is 32.2. The highest BCUT2D eigenvalue weighted by Gasteiger charge is 2.33. The summed E-state index contributed by atoms with van der Waals surface area (Å²) in [6.45, 7) is 2.93. The number of hydrogen-bond acceptors (Lipinski definition) is 4. The van der Waals surface area contributed by atoms with E-state index >= 15 is 0 Å². The van der Waals surface area contributed by atoms with Crippen LogP contribution < -0.4 is 10.6 Å². The Morgan fingerprint density at radius 2 is 1.96 bits per heavy atom. The lowest BCUT2D eigenvalue weighted by Gasteiger charge is -2.10. The number of thiazole rings is 1. The molecule has 0 fully saturated rings. The van der Waals surface area contributed by atoms with Crippen LogP contribution in [0, 0.1) is 6.92 Å². The summed E-state index contributed by atoms with van der Waals surface area (Å²) in [6, 6.07) is 8.29. The van der Waals surface area contributed by atoms with Crippen LogP contribution in [-0.4, -0.2) is 30.3 Å². The molecule has 1 aromatic carbocycles. The smallest absolute Gasteiger partial charge is 0.356 e. The fourth-order valence-corrected chi connectivity index (χ4v) is 3.38. The van der Waals surface area contributed by atoms with Gasteiger partial charge in [0.15, 0.2) is 11.7 Å². The van der Waals surface area contributed by atoms with E-state index in [1.807, 2.05) is 6.92 Å². The van der Waals surface area contributed by atoms with Gasteiger partial charge in [0.25, 0.3) is 0 Å². The molecule has 0 aliphatic rings. The monoisotopic (exact) mass is 388 g/mol. The number of aromatic nitrogens is 1. The maximum absolute atomic E-state index is 12.5. The van der Waals surface area contributed by atoms with E-state index in [0.29, 0.717) is 17.5 Å². The Hall–Kier alpha value is -1.74. The number of benzene rings is 1. The molecule has 2 rings (SSSR count). The van der Waals surface area contributed by atoms with E-state index in [2.05, 4.69) is 44.9 Å². The van der Waals surface area contributed by atoms with E-state index in [-0.39, 0.29) is 6.54 Å². The Bertz CT molecular complexity index is 696. The van der Waals surface area contributed by atoms with Crippen LogP contribution in [0.3, 0.4) is 0 Å². The number of aryl methyl sites for hydroxylation is 1. The van der Waals surface area contributed by atoms with Crippen molar-refractivity contribution in [1.82, 2.24) is 15.6 Å². The topological polar surface area (TPSA) is 49.3 Å². The normalized spacial score (nSPS) is 12.3.